The first-order valence-electron chi connectivity index (χ1n) is 5.90. The monoisotopic (exact) mass is 271 g/mol. The van der Waals surface area contributed by atoms with Crippen LogP contribution in [0.25, 0.3) is 16.6 Å². The lowest BCUT2D eigenvalue weighted by atomic mass is 10.1. The van der Waals surface area contributed by atoms with E-state index < -0.39 is 11.8 Å². The Hall–Kier alpha value is -2.76. The van der Waals surface area contributed by atoms with Crippen LogP contribution in [-0.4, -0.2) is 25.8 Å². The number of nitrogens with zero attached hydrogens (tertiary/aromatic N) is 3. The highest BCUT2D eigenvalue weighted by Gasteiger charge is 2.15. The van der Waals surface area contributed by atoms with Crippen LogP contribution in [0.1, 0.15) is 16.1 Å². The van der Waals surface area contributed by atoms with Crippen LogP contribution >= 0.6 is 0 Å². The Balaban J connectivity index is 2.24. The molecule has 2 aromatic heterocycles. The van der Waals surface area contributed by atoms with Crippen LogP contribution in [-0.2, 0) is 0 Å². The summed E-state index contributed by atoms with van der Waals surface area (Å²) < 4.78 is 15.2. The standard InChI is InChI=1S/C14H10FN3O2/c1-8-2-3-9(6-16-8)18-7-11-10(14(19)20)4-5-12(15)13(11)17-18/h2-7H,1H3,(H,19,20). The summed E-state index contributed by atoms with van der Waals surface area (Å²) in [4.78, 5) is 15.3. The molecule has 1 aromatic carbocycles. The number of fused-ring (bicyclic) bond motifs is 1. The molecule has 0 radical (unpaired) electrons. The number of aromatic carboxylic acids is 1. The van der Waals surface area contributed by atoms with Gasteiger partial charge < -0.3 is 5.11 Å². The SMILES string of the molecule is Cc1ccc(-n2cc3c(C(=O)O)ccc(F)c3n2)cn1. The fraction of sp³-hybridized carbons (Fsp3) is 0.0714. The van der Waals surface area contributed by atoms with E-state index in [2.05, 4.69) is 10.1 Å². The van der Waals surface area contributed by atoms with Gasteiger partial charge in [0.25, 0.3) is 0 Å². The fourth-order valence-electron chi connectivity index (χ4n) is 1.99. The number of carbonyl (C=O) groups is 1. The molecule has 0 amide bonds. The van der Waals surface area contributed by atoms with Crippen molar-refractivity contribution in [2.45, 2.75) is 6.92 Å². The van der Waals surface area contributed by atoms with E-state index in [1.54, 1.807) is 18.3 Å². The van der Waals surface area contributed by atoms with Crippen molar-refractivity contribution in [3.8, 4) is 5.69 Å². The molecule has 0 aliphatic heterocycles. The molecular formula is C14H10FN3O2. The summed E-state index contributed by atoms with van der Waals surface area (Å²) in [6.07, 6.45) is 3.09. The van der Waals surface area contributed by atoms with Crippen LogP contribution in [0.5, 0.6) is 0 Å². The largest absolute Gasteiger partial charge is 0.478 e. The van der Waals surface area contributed by atoms with Crippen LogP contribution < -0.4 is 0 Å². The second kappa shape index (κ2) is 4.41. The topological polar surface area (TPSA) is 68.0 Å². The van der Waals surface area contributed by atoms with Crippen molar-refractivity contribution in [3.63, 3.8) is 0 Å². The molecule has 20 heavy (non-hydrogen) atoms. The lowest BCUT2D eigenvalue weighted by Gasteiger charge is -1.99. The number of benzene rings is 1. The minimum atomic E-state index is -1.11. The lowest BCUT2D eigenvalue weighted by molar-refractivity contribution is 0.0699. The molecule has 3 rings (SSSR count). The van der Waals surface area contributed by atoms with Crippen LogP contribution in [0.2, 0.25) is 0 Å². The molecule has 2 heterocycles. The molecule has 0 fully saturated rings. The number of pyridine rings is 1. The van der Waals surface area contributed by atoms with Crippen molar-refractivity contribution < 1.29 is 14.3 Å². The van der Waals surface area contributed by atoms with Crippen LogP contribution in [0.15, 0.2) is 36.7 Å². The molecule has 0 unspecified atom stereocenters. The summed E-state index contributed by atoms with van der Waals surface area (Å²) in [5.41, 5.74) is 1.55. The molecule has 0 aliphatic rings. The highest BCUT2D eigenvalue weighted by atomic mass is 19.1. The second-order valence-corrected chi connectivity index (χ2v) is 4.39. The third-order valence-electron chi connectivity index (χ3n) is 3.02. The van der Waals surface area contributed by atoms with Crippen molar-refractivity contribution in [2.24, 2.45) is 0 Å². The Labute approximate surface area is 113 Å². The molecule has 1 N–H and O–H groups in total. The summed E-state index contributed by atoms with van der Waals surface area (Å²) in [5, 5.41) is 13.5. The number of hydrogen-bond acceptors (Lipinski definition) is 3. The number of halogens is 1. The molecule has 0 aliphatic carbocycles. The molecule has 0 spiro atoms. The molecule has 100 valence electrons. The van der Waals surface area contributed by atoms with Gasteiger partial charge in [-0.2, -0.15) is 5.10 Å². The van der Waals surface area contributed by atoms with Gasteiger partial charge in [0.15, 0.2) is 5.82 Å². The molecule has 0 bridgehead atoms. The Morgan fingerprint density at radius 1 is 1.30 bits per heavy atom. The third kappa shape index (κ3) is 1.91. The van der Waals surface area contributed by atoms with E-state index in [4.69, 9.17) is 5.11 Å². The van der Waals surface area contributed by atoms with Crippen LogP contribution in [0, 0.1) is 12.7 Å². The molecular weight excluding hydrogens is 261 g/mol. The molecule has 0 saturated heterocycles. The fourth-order valence-corrected chi connectivity index (χ4v) is 1.99. The van der Waals surface area contributed by atoms with Gasteiger partial charge in [0.05, 0.1) is 17.4 Å². The average Bonchev–Trinajstić information content (AvgIpc) is 2.85. The Morgan fingerprint density at radius 2 is 2.10 bits per heavy atom. The van der Waals surface area contributed by atoms with Crippen molar-refractivity contribution in [1.82, 2.24) is 14.8 Å². The number of aromatic nitrogens is 3. The zero-order valence-electron chi connectivity index (χ0n) is 10.5. The smallest absolute Gasteiger partial charge is 0.336 e. The van der Waals surface area contributed by atoms with E-state index in [-0.39, 0.29) is 16.5 Å². The van der Waals surface area contributed by atoms with Gasteiger partial charge in [-0.1, -0.05) is 0 Å². The number of hydrogen-bond donors (Lipinski definition) is 1. The first kappa shape index (κ1) is 12.3. The third-order valence-corrected chi connectivity index (χ3v) is 3.02. The van der Waals surface area contributed by atoms with Gasteiger partial charge >= 0.3 is 5.97 Å². The van der Waals surface area contributed by atoms with Gasteiger partial charge in [-0.05, 0) is 31.2 Å². The van der Waals surface area contributed by atoms with Crippen LogP contribution in [0.4, 0.5) is 4.39 Å². The van der Waals surface area contributed by atoms with Gasteiger partial charge in [0.2, 0.25) is 0 Å². The lowest BCUT2D eigenvalue weighted by Crippen LogP contribution is -1.97. The minimum absolute atomic E-state index is 0.0210. The van der Waals surface area contributed by atoms with E-state index in [0.29, 0.717) is 5.69 Å². The van der Waals surface area contributed by atoms with Crippen molar-refractivity contribution >= 4 is 16.9 Å². The summed E-state index contributed by atoms with van der Waals surface area (Å²) in [5.74, 6) is -1.67. The average molecular weight is 271 g/mol. The first-order chi connectivity index (χ1) is 9.56. The Morgan fingerprint density at radius 3 is 2.75 bits per heavy atom. The maximum Gasteiger partial charge on any atom is 0.336 e. The van der Waals surface area contributed by atoms with E-state index in [9.17, 15) is 9.18 Å². The van der Waals surface area contributed by atoms with Crippen molar-refractivity contribution in [2.75, 3.05) is 0 Å². The number of rotatable bonds is 2. The van der Waals surface area contributed by atoms with Gasteiger partial charge in [0, 0.05) is 17.3 Å². The maximum absolute atomic E-state index is 13.7. The molecule has 3 aromatic rings. The summed E-state index contributed by atoms with van der Waals surface area (Å²) in [7, 11) is 0. The highest BCUT2D eigenvalue weighted by molar-refractivity contribution is 6.02. The predicted octanol–water partition coefficient (Wildman–Crippen LogP) is 2.57. The van der Waals surface area contributed by atoms with E-state index in [1.165, 1.54) is 16.9 Å². The quantitative estimate of drug-likeness (QED) is 0.777. The van der Waals surface area contributed by atoms with Crippen molar-refractivity contribution in [3.05, 3.63) is 53.7 Å². The predicted molar refractivity (Wildman–Crippen MR) is 70.5 cm³/mol. The van der Waals surface area contributed by atoms with E-state index in [0.717, 1.165) is 11.8 Å². The number of aryl methyl sites for hydroxylation is 1. The molecule has 0 saturated carbocycles. The van der Waals surface area contributed by atoms with E-state index in [1.807, 2.05) is 6.92 Å². The van der Waals surface area contributed by atoms with Gasteiger partial charge in [-0.15, -0.1) is 0 Å². The summed E-state index contributed by atoms with van der Waals surface area (Å²) >= 11 is 0. The zero-order chi connectivity index (χ0) is 14.3. The minimum Gasteiger partial charge on any atom is -0.478 e. The maximum atomic E-state index is 13.7. The summed E-state index contributed by atoms with van der Waals surface area (Å²) in [6, 6.07) is 5.93. The van der Waals surface area contributed by atoms with Crippen LogP contribution in [0.3, 0.4) is 0 Å². The van der Waals surface area contributed by atoms with Gasteiger partial charge in [0.1, 0.15) is 5.52 Å². The zero-order valence-corrected chi connectivity index (χ0v) is 10.5. The second-order valence-electron chi connectivity index (χ2n) is 4.39. The molecule has 0 atom stereocenters. The Kier molecular flexibility index (Phi) is 2.71. The van der Waals surface area contributed by atoms with Gasteiger partial charge in [-0.25, -0.2) is 13.9 Å². The number of carboxylic acids is 1. The van der Waals surface area contributed by atoms with Gasteiger partial charge in [-0.3, -0.25) is 4.98 Å². The number of carboxylic acid groups (broad SMARTS) is 1. The van der Waals surface area contributed by atoms with E-state index >= 15 is 0 Å². The molecule has 6 heteroatoms. The highest BCUT2D eigenvalue weighted by Crippen LogP contribution is 2.22. The Bertz CT molecular complexity index is 809. The first-order valence-corrected chi connectivity index (χ1v) is 5.90. The normalized spacial score (nSPS) is 10.9. The summed E-state index contributed by atoms with van der Waals surface area (Å²) in [6.45, 7) is 1.85. The molecule has 5 nitrogen and oxygen atoms in total. The van der Waals surface area contributed by atoms with Crippen molar-refractivity contribution in [1.29, 1.82) is 0 Å².